The van der Waals surface area contributed by atoms with E-state index in [1.54, 1.807) is 11.8 Å². The highest BCUT2D eigenvalue weighted by molar-refractivity contribution is 8.08. The maximum atomic E-state index is 6.24. The summed E-state index contributed by atoms with van der Waals surface area (Å²) >= 11 is 7.96. The fourth-order valence-electron chi connectivity index (χ4n) is 3.09. The van der Waals surface area contributed by atoms with Gasteiger partial charge >= 0.3 is 0 Å². The molecule has 3 nitrogen and oxygen atoms in total. The van der Waals surface area contributed by atoms with E-state index in [1.807, 2.05) is 54.6 Å². The molecule has 5 rings (SSSR count). The second-order valence-corrected chi connectivity index (χ2v) is 7.53. The zero-order valence-corrected chi connectivity index (χ0v) is 15.2. The molecule has 3 aromatic carbocycles. The first-order valence-electron chi connectivity index (χ1n) is 8.27. The highest BCUT2D eigenvalue weighted by Gasteiger charge is 2.23. The minimum Gasteiger partial charge on any atom is -0.353 e. The molecule has 0 saturated heterocycles. The number of aromatic amines is 1. The number of halogens is 1. The van der Waals surface area contributed by atoms with Gasteiger partial charge in [-0.15, -0.1) is 0 Å². The average Bonchev–Trinajstić information content (AvgIpc) is 3.11. The number of thioether (sulfide) groups is 1. The van der Waals surface area contributed by atoms with E-state index < -0.39 is 0 Å². The van der Waals surface area contributed by atoms with Crippen LogP contribution in [0.25, 0.3) is 21.6 Å². The van der Waals surface area contributed by atoms with Crippen molar-refractivity contribution in [2.24, 2.45) is 0 Å². The van der Waals surface area contributed by atoms with Gasteiger partial charge in [0.1, 0.15) is 5.82 Å². The van der Waals surface area contributed by atoms with Gasteiger partial charge in [-0.25, -0.2) is 4.98 Å². The van der Waals surface area contributed by atoms with Gasteiger partial charge in [0.25, 0.3) is 0 Å². The molecule has 0 bridgehead atoms. The monoisotopic (exact) mass is 375 g/mol. The van der Waals surface area contributed by atoms with Crippen molar-refractivity contribution in [2.75, 3.05) is 5.32 Å². The summed E-state index contributed by atoms with van der Waals surface area (Å²) in [5.74, 6) is 0.855. The zero-order chi connectivity index (χ0) is 17.5. The van der Waals surface area contributed by atoms with Crippen LogP contribution in [-0.2, 0) is 0 Å². The predicted molar refractivity (Wildman–Crippen MR) is 110 cm³/mol. The Morgan fingerprint density at radius 3 is 2.62 bits per heavy atom. The van der Waals surface area contributed by atoms with Crippen LogP contribution in [0.15, 0.2) is 77.7 Å². The minimum atomic E-state index is 0.713. The van der Waals surface area contributed by atoms with Crippen LogP contribution >= 0.6 is 23.4 Å². The molecule has 2 heterocycles. The number of fused-ring (bicyclic) bond motifs is 2. The van der Waals surface area contributed by atoms with Crippen molar-refractivity contribution >= 4 is 50.7 Å². The van der Waals surface area contributed by atoms with E-state index in [-0.39, 0.29) is 0 Å². The van der Waals surface area contributed by atoms with Crippen molar-refractivity contribution in [2.45, 2.75) is 4.90 Å². The van der Waals surface area contributed by atoms with Crippen molar-refractivity contribution in [3.05, 3.63) is 89.2 Å². The Balaban J connectivity index is 1.73. The molecule has 1 aliphatic rings. The third-order valence-corrected chi connectivity index (χ3v) is 5.72. The van der Waals surface area contributed by atoms with Crippen LogP contribution in [0.4, 0.5) is 5.69 Å². The first kappa shape index (κ1) is 15.6. The zero-order valence-electron chi connectivity index (χ0n) is 13.7. The van der Waals surface area contributed by atoms with E-state index in [2.05, 4.69) is 28.5 Å². The molecule has 1 aromatic heterocycles. The Bertz CT molecular complexity index is 1130. The van der Waals surface area contributed by atoms with E-state index in [0.717, 1.165) is 38.7 Å². The molecular weight excluding hydrogens is 362 g/mol. The molecule has 26 heavy (non-hydrogen) atoms. The Morgan fingerprint density at radius 1 is 0.885 bits per heavy atom. The lowest BCUT2D eigenvalue weighted by atomic mass is 10.1. The summed E-state index contributed by atoms with van der Waals surface area (Å²) in [6.45, 7) is 0. The van der Waals surface area contributed by atoms with Gasteiger partial charge in [0.2, 0.25) is 0 Å². The number of benzene rings is 3. The van der Waals surface area contributed by atoms with Crippen LogP contribution < -0.4 is 5.32 Å². The maximum Gasteiger partial charge on any atom is 0.147 e. The molecule has 4 aromatic rings. The summed E-state index contributed by atoms with van der Waals surface area (Å²) in [7, 11) is 0. The number of nitrogens with zero attached hydrogens (tertiary/aromatic N) is 1. The van der Waals surface area contributed by atoms with Crippen molar-refractivity contribution in [3.63, 3.8) is 0 Å². The van der Waals surface area contributed by atoms with Crippen LogP contribution in [0.1, 0.15) is 11.4 Å². The number of anilines is 1. The van der Waals surface area contributed by atoms with Crippen LogP contribution in [0.5, 0.6) is 0 Å². The number of rotatable bonds is 2. The molecule has 2 N–H and O–H groups in total. The van der Waals surface area contributed by atoms with E-state index in [9.17, 15) is 0 Å². The number of imidazole rings is 1. The molecular formula is C21H14ClN3S. The summed E-state index contributed by atoms with van der Waals surface area (Å²) < 4.78 is 0. The Hall–Kier alpha value is -2.69. The predicted octanol–water partition coefficient (Wildman–Crippen LogP) is 6.26. The molecule has 0 saturated carbocycles. The second-order valence-electron chi connectivity index (χ2n) is 6.04. The molecule has 126 valence electrons. The standard InChI is InChI=1S/C21H14ClN3S/c22-14-7-5-6-13(12-14)19-20(26-18-11-4-3-10-17(18)23-19)21-24-15-8-1-2-9-16(15)25-21/h1-12,23H,(H,24,25). The van der Waals surface area contributed by atoms with E-state index in [1.165, 1.54) is 4.90 Å². The van der Waals surface area contributed by atoms with Gasteiger partial charge in [-0.1, -0.05) is 59.8 Å². The molecule has 0 atom stereocenters. The molecule has 0 amide bonds. The number of H-pyrrole nitrogens is 1. The topological polar surface area (TPSA) is 40.7 Å². The Kier molecular flexibility index (Phi) is 3.73. The van der Waals surface area contributed by atoms with E-state index in [4.69, 9.17) is 16.6 Å². The Labute approximate surface area is 160 Å². The van der Waals surface area contributed by atoms with Gasteiger partial charge in [-0.2, -0.15) is 0 Å². The van der Waals surface area contributed by atoms with Gasteiger partial charge in [0.05, 0.1) is 27.3 Å². The highest BCUT2D eigenvalue weighted by atomic mass is 35.5. The lowest BCUT2D eigenvalue weighted by molar-refractivity contribution is 1.28. The summed E-state index contributed by atoms with van der Waals surface area (Å²) in [5.41, 5.74) is 5.12. The fourth-order valence-corrected chi connectivity index (χ4v) is 4.34. The average molecular weight is 376 g/mol. The minimum absolute atomic E-state index is 0.713. The highest BCUT2D eigenvalue weighted by Crippen LogP contribution is 2.46. The number of aromatic nitrogens is 2. The Morgan fingerprint density at radius 2 is 1.73 bits per heavy atom. The number of hydrogen-bond donors (Lipinski definition) is 2. The lowest BCUT2D eigenvalue weighted by Crippen LogP contribution is -2.07. The summed E-state index contributed by atoms with van der Waals surface area (Å²) in [6, 6.07) is 24.2. The van der Waals surface area contributed by atoms with Crippen molar-refractivity contribution in [1.82, 2.24) is 9.97 Å². The van der Waals surface area contributed by atoms with Gasteiger partial charge in [-0.05, 0) is 36.4 Å². The lowest BCUT2D eigenvalue weighted by Gasteiger charge is -2.23. The first-order valence-corrected chi connectivity index (χ1v) is 9.46. The number of nitrogens with one attached hydrogen (secondary N) is 2. The third kappa shape index (κ3) is 2.68. The summed E-state index contributed by atoms with van der Waals surface area (Å²) in [5, 5.41) is 4.29. The van der Waals surface area contributed by atoms with Crippen LogP contribution in [0.3, 0.4) is 0 Å². The molecule has 0 radical (unpaired) electrons. The van der Waals surface area contributed by atoms with Crippen molar-refractivity contribution in [3.8, 4) is 0 Å². The van der Waals surface area contributed by atoms with Gasteiger partial charge < -0.3 is 10.3 Å². The third-order valence-electron chi connectivity index (χ3n) is 4.30. The molecule has 0 aliphatic carbocycles. The summed E-state index contributed by atoms with van der Waals surface area (Å²) in [4.78, 5) is 10.5. The smallest absolute Gasteiger partial charge is 0.147 e. The SMILES string of the molecule is Clc1cccc(C2=C(c3nc4ccccc4[nH]3)Sc3ccccc3N2)c1. The molecule has 0 unspecified atom stereocenters. The molecule has 1 aliphatic heterocycles. The molecule has 0 fully saturated rings. The van der Waals surface area contributed by atoms with Crippen molar-refractivity contribution in [1.29, 1.82) is 0 Å². The maximum absolute atomic E-state index is 6.24. The van der Waals surface area contributed by atoms with Crippen LogP contribution in [0.2, 0.25) is 5.02 Å². The normalized spacial score (nSPS) is 13.6. The van der Waals surface area contributed by atoms with Crippen LogP contribution in [0, 0.1) is 0 Å². The van der Waals surface area contributed by atoms with Crippen LogP contribution in [-0.4, -0.2) is 9.97 Å². The van der Waals surface area contributed by atoms with Crippen molar-refractivity contribution < 1.29 is 0 Å². The van der Waals surface area contributed by atoms with E-state index >= 15 is 0 Å². The quantitative estimate of drug-likeness (QED) is 0.434. The van der Waals surface area contributed by atoms with Gasteiger partial charge in [0.15, 0.2) is 0 Å². The molecule has 5 heteroatoms. The largest absolute Gasteiger partial charge is 0.353 e. The fraction of sp³-hybridized carbons (Fsp3) is 0. The van der Waals surface area contributed by atoms with E-state index in [0.29, 0.717) is 5.02 Å². The second kappa shape index (κ2) is 6.24. The molecule has 0 spiro atoms. The summed E-state index contributed by atoms with van der Waals surface area (Å²) in [6.07, 6.45) is 0. The number of hydrogen-bond acceptors (Lipinski definition) is 3. The van der Waals surface area contributed by atoms with Gasteiger partial charge in [-0.3, -0.25) is 0 Å². The number of para-hydroxylation sites is 3. The van der Waals surface area contributed by atoms with Gasteiger partial charge in [0, 0.05) is 15.5 Å². The first-order chi connectivity index (χ1) is 12.8.